The molecule has 2 N–H and O–H groups in total. The summed E-state index contributed by atoms with van der Waals surface area (Å²) in [6.45, 7) is 5.05. The summed E-state index contributed by atoms with van der Waals surface area (Å²) in [5, 5.41) is 12.7. The second kappa shape index (κ2) is 10.9. The average Bonchev–Trinajstić information content (AvgIpc) is 3.17. The molecule has 5 rings (SSSR count). The number of hydrogen-bond donors (Lipinski definition) is 2. The summed E-state index contributed by atoms with van der Waals surface area (Å²) in [7, 11) is 1.69. The molecule has 2 heterocycles. The van der Waals surface area contributed by atoms with Crippen molar-refractivity contribution in [3.8, 4) is 22.9 Å². The molecule has 5 aromatic rings. The van der Waals surface area contributed by atoms with Gasteiger partial charge in [-0.05, 0) is 63.2 Å². The van der Waals surface area contributed by atoms with Gasteiger partial charge in [0.2, 0.25) is 0 Å². The van der Waals surface area contributed by atoms with Gasteiger partial charge in [-0.15, -0.1) is 0 Å². The minimum atomic E-state index is -0.764. The Morgan fingerprint density at radius 2 is 1.80 bits per heavy atom. The molecule has 1 amide bonds. The predicted octanol–water partition coefficient (Wildman–Crippen LogP) is 5.37. The zero-order valence-corrected chi connectivity index (χ0v) is 23.0. The van der Waals surface area contributed by atoms with Gasteiger partial charge in [0, 0.05) is 36.5 Å². The number of fused-ring (bicyclic) bond motifs is 1. The van der Waals surface area contributed by atoms with Crippen LogP contribution in [-0.4, -0.2) is 37.6 Å². The van der Waals surface area contributed by atoms with Crippen molar-refractivity contribution in [1.29, 1.82) is 0 Å². The highest BCUT2D eigenvalue weighted by molar-refractivity contribution is 6.05. The van der Waals surface area contributed by atoms with Crippen LogP contribution in [0.2, 0.25) is 0 Å². The first-order valence-electron chi connectivity index (χ1n) is 12.9. The number of halogens is 1. The molecule has 0 saturated carbocycles. The maximum absolute atomic E-state index is 15.1. The summed E-state index contributed by atoms with van der Waals surface area (Å²) < 4.78 is 29.8. The molecule has 3 aromatic carbocycles. The Hall–Kier alpha value is -4.96. The maximum atomic E-state index is 15.1. The molecule has 9 nitrogen and oxygen atoms in total. The molecule has 0 spiro atoms. The third kappa shape index (κ3) is 5.55. The van der Waals surface area contributed by atoms with Gasteiger partial charge in [0.15, 0.2) is 11.6 Å². The molecule has 210 valence electrons. The lowest BCUT2D eigenvalue weighted by Crippen LogP contribution is -2.32. The van der Waals surface area contributed by atoms with Gasteiger partial charge in [-0.2, -0.15) is 0 Å². The van der Waals surface area contributed by atoms with E-state index in [0.717, 1.165) is 6.07 Å². The molecule has 0 fully saturated rings. The number of nitrogens with one attached hydrogen (secondary N) is 1. The Morgan fingerprint density at radius 1 is 1.05 bits per heavy atom. The van der Waals surface area contributed by atoms with Crippen LogP contribution in [0.3, 0.4) is 0 Å². The van der Waals surface area contributed by atoms with Crippen LogP contribution in [0.5, 0.6) is 17.2 Å². The van der Waals surface area contributed by atoms with Crippen molar-refractivity contribution < 1.29 is 23.8 Å². The molecule has 0 aliphatic rings. The van der Waals surface area contributed by atoms with Crippen molar-refractivity contribution in [3.63, 3.8) is 0 Å². The topological polar surface area (TPSA) is 108 Å². The van der Waals surface area contributed by atoms with Gasteiger partial charge in [-0.25, -0.2) is 9.07 Å². The van der Waals surface area contributed by atoms with Gasteiger partial charge >= 0.3 is 0 Å². The molecule has 0 aliphatic carbocycles. The number of pyridine rings is 1. The van der Waals surface area contributed by atoms with Crippen LogP contribution in [0, 0.1) is 12.7 Å². The zero-order valence-electron chi connectivity index (χ0n) is 23.0. The fourth-order valence-electron chi connectivity index (χ4n) is 4.41. The van der Waals surface area contributed by atoms with Crippen molar-refractivity contribution in [2.45, 2.75) is 26.4 Å². The van der Waals surface area contributed by atoms with Gasteiger partial charge in [0.1, 0.15) is 22.7 Å². The van der Waals surface area contributed by atoms with Crippen LogP contribution < -0.4 is 20.3 Å². The Labute approximate surface area is 235 Å². The maximum Gasteiger partial charge on any atom is 0.284 e. The van der Waals surface area contributed by atoms with E-state index in [1.165, 1.54) is 23.0 Å². The number of carbonyl (C=O) groups is 1. The highest BCUT2D eigenvalue weighted by Gasteiger charge is 2.23. The number of amides is 1. The molecular formula is C31H29FN4O5. The van der Waals surface area contributed by atoms with E-state index in [4.69, 9.17) is 9.47 Å². The summed E-state index contributed by atoms with van der Waals surface area (Å²) in [6, 6.07) is 19.8. The van der Waals surface area contributed by atoms with E-state index in [-0.39, 0.29) is 23.6 Å². The van der Waals surface area contributed by atoms with E-state index < -0.39 is 22.9 Å². The summed E-state index contributed by atoms with van der Waals surface area (Å²) in [5.74, 6) is -0.506. The van der Waals surface area contributed by atoms with Crippen LogP contribution in [0.25, 0.3) is 16.6 Å². The SMILES string of the molecule is Cc1c(C(=O)Nc2ccc(Oc3ccnc4cc(OC(C)(C)CO)ccc34)c(F)c2)c(=O)n(-c2ccccc2)n1C. The van der Waals surface area contributed by atoms with Gasteiger partial charge in [0.05, 0.1) is 23.5 Å². The highest BCUT2D eigenvalue weighted by atomic mass is 19.1. The Kier molecular flexibility index (Phi) is 7.34. The van der Waals surface area contributed by atoms with E-state index in [2.05, 4.69) is 10.3 Å². The molecule has 0 aliphatic heterocycles. The van der Waals surface area contributed by atoms with Gasteiger partial charge < -0.3 is 19.9 Å². The lowest BCUT2D eigenvalue weighted by Gasteiger charge is -2.24. The van der Waals surface area contributed by atoms with E-state index in [9.17, 15) is 14.7 Å². The molecule has 10 heteroatoms. The second-order valence-corrected chi connectivity index (χ2v) is 10.1. The lowest BCUT2D eigenvalue weighted by molar-refractivity contribution is 0.0413. The summed E-state index contributed by atoms with van der Waals surface area (Å²) in [5.41, 5.74) is 0.544. The fraction of sp³-hybridized carbons (Fsp3) is 0.194. The average molecular weight is 557 g/mol. The van der Waals surface area contributed by atoms with Crippen LogP contribution in [-0.2, 0) is 7.05 Å². The number of nitrogens with zero attached hydrogens (tertiary/aromatic N) is 3. The van der Waals surface area contributed by atoms with E-state index >= 15 is 4.39 Å². The molecule has 0 atom stereocenters. The number of rotatable bonds is 8. The monoisotopic (exact) mass is 556 g/mol. The summed E-state index contributed by atoms with van der Waals surface area (Å²) in [4.78, 5) is 30.6. The Morgan fingerprint density at radius 3 is 2.51 bits per heavy atom. The molecule has 0 bridgehead atoms. The first kappa shape index (κ1) is 27.6. The summed E-state index contributed by atoms with van der Waals surface area (Å²) in [6.07, 6.45) is 1.54. The van der Waals surface area contributed by atoms with Crippen molar-refractivity contribution in [2.24, 2.45) is 7.05 Å². The van der Waals surface area contributed by atoms with Gasteiger partial charge in [-0.1, -0.05) is 18.2 Å². The number of ether oxygens (including phenoxy) is 2. The number of anilines is 1. The Balaban J connectivity index is 1.36. The first-order chi connectivity index (χ1) is 19.6. The standard InChI is InChI=1S/C31H29FN4O5/c1-19-28(30(39)36(35(19)4)21-8-6-5-7-9-21)29(38)34-20-10-13-27(24(32)16-20)40-26-14-15-33-25-17-22(11-12-23(25)26)41-31(2,3)18-37/h5-17,37H,18H2,1-4H3,(H,34,38). The third-order valence-corrected chi connectivity index (χ3v) is 6.64. The number of carbonyl (C=O) groups excluding carboxylic acids is 1. The van der Waals surface area contributed by atoms with E-state index in [0.29, 0.717) is 33.8 Å². The highest BCUT2D eigenvalue weighted by Crippen LogP contribution is 2.33. The zero-order chi connectivity index (χ0) is 29.3. The van der Waals surface area contributed by atoms with Crippen LogP contribution >= 0.6 is 0 Å². The third-order valence-electron chi connectivity index (χ3n) is 6.64. The molecule has 0 radical (unpaired) electrons. The summed E-state index contributed by atoms with van der Waals surface area (Å²) >= 11 is 0. The number of benzene rings is 3. The van der Waals surface area contributed by atoms with Crippen molar-refractivity contribution >= 4 is 22.5 Å². The number of aliphatic hydroxyl groups is 1. The molecular weight excluding hydrogens is 527 g/mol. The van der Waals surface area contributed by atoms with Crippen molar-refractivity contribution in [3.05, 3.63) is 106 Å². The van der Waals surface area contributed by atoms with Crippen molar-refractivity contribution in [1.82, 2.24) is 14.3 Å². The van der Waals surface area contributed by atoms with Crippen LogP contribution in [0.15, 0.2) is 83.8 Å². The smallest absolute Gasteiger partial charge is 0.284 e. The first-order valence-corrected chi connectivity index (χ1v) is 12.9. The molecule has 0 unspecified atom stereocenters. The van der Waals surface area contributed by atoms with E-state index in [1.54, 1.807) is 81.0 Å². The molecule has 0 saturated heterocycles. The molecule has 41 heavy (non-hydrogen) atoms. The quantitative estimate of drug-likeness (QED) is 0.266. The molecule has 2 aromatic heterocycles. The normalized spacial score (nSPS) is 11.5. The number of para-hydroxylation sites is 1. The number of aromatic nitrogens is 3. The van der Waals surface area contributed by atoms with Gasteiger partial charge in [-0.3, -0.25) is 19.3 Å². The second-order valence-electron chi connectivity index (χ2n) is 10.1. The number of aliphatic hydroxyl groups excluding tert-OH is 1. The number of hydrogen-bond acceptors (Lipinski definition) is 6. The fourth-order valence-corrected chi connectivity index (χ4v) is 4.41. The van der Waals surface area contributed by atoms with Gasteiger partial charge in [0.25, 0.3) is 11.5 Å². The lowest BCUT2D eigenvalue weighted by atomic mass is 10.1. The Bertz CT molecular complexity index is 1810. The largest absolute Gasteiger partial charge is 0.485 e. The van der Waals surface area contributed by atoms with Crippen LogP contribution in [0.1, 0.15) is 29.9 Å². The van der Waals surface area contributed by atoms with Crippen LogP contribution in [0.4, 0.5) is 10.1 Å². The minimum absolute atomic E-state index is 0.0360. The van der Waals surface area contributed by atoms with Crippen molar-refractivity contribution in [2.75, 3.05) is 11.9 Å². The van der Waals surface area contributed by atoms with E-state index in [1.807, 2.05) is 6.07 Å². The minimum Gasteiger partial charge on any atom is -0.485 e. The predicted molar refractivity (Wildman–Crippen MR) is 154 cm³/mol.